The van der Waals surface area contributed by atoms with Crippen LogP contribution in [0.15, 0.2) is 48.5 Å². The van der Waals surface area contributed by atoms with Gasteiger partial charge in [0, 0.05) is 23.4 Å². The minimum atomic E-state index is -0.426. The molecule has 0 aromatic heterocycles. The minimum absolute atomic E-state index is 0.0343. The number of carbonyl (C=O) groups excluding carboxylic acids is 3. The third-order valence-corrected chi connectivity index (χ3v) is 3.58. The number of nitrogens with one attached hydrogen (secondary N) is 2. The molecule has 0 fully saturated rings. The summed E-state index contributed by atoms with van der Waals surface area (Å²) >= 11 is 0. The molecule has 2 amide bonds. The molecule has 0 aliphatic heterocycles. The first-order chi connectivity index (χ1) is 12.0. The van der Waals surface area contributed by atoms with Crippen LogP contribution in [0.25, 0.3) is 0 Å². The molecule has 0 unspecified atom stereocenters. The summed E-state index contributed by atoms with van der Waals surface area (Å²) in [4.78, 5) is 35.0. The predicted molar refractivity (Wildman–Crippen MR) is 95.5 cm³/mol. The van der Waals surface area contributed by atoms with E-state index in [4.69, 9.17) is 0 Å². The maximum Gasteiger partial charge on any atom is 0.306 e. The van der Waals surface area contributed by atoms with E-state index in [0.29, 0.717) is 16.9 Å². The number of hydrogen-bond donors (Lipinski definition) is 2. The standard InChI is InChI=1S/C19H20N2O4/c1-13-12-15(20-17(22)10-11-18(23)25-2)8-9-16(13)21-19(24)14-6-4-3-5-7-14/h3-9,12H,10-11H2,1-2H3,(H,20,22)(H,21,24). The quantitative estimate of drug-likeness (QED) is 0.791. The SMILES string of the molecule is COC(=O)CCC(=O)Nc1ccc(NC(=O)c2ccccc2)c(C)c1. The molecule has 2 N–H and O–H groups in total. The molecule has 0 bridgehead atoms. The van der Waals surface area contributed by atoms with Crippen molar-refractivity contribution >= 4 is 29.2 Å². The van der Waals surface area contributed by atoms with E-state index in [-0.39, 0.29) is 24.7 Å². The average molecular weight is 340 g/mol. The fraction of sp³-hybridized carbons (Fsp3) is 0.211. The molecule has 6 nitrogen and oxygen atoms in total. The summed E-state index contributed by atoms with van der Waals surface area (Å²) in [6.45, 7) is 1.84. The number of anilines is 2. The first-order valence-corrected chi connectivity index (χ1v) is 7.83. The van der Waals surface area contributed by atoms with E-state index in [1.54, 1.807) is 42.5 Å². The van der Waals surface area contributed by atoms with Gasteiger partial charge in [-0.1, -0.05) is 18.2 Å². The van der Waals surface area contributed by atoms with E-state index < -0.39 is 5.97 Å². The third kappa shape index (κ3) is 5.46. The van der Waals surface area contributed by atoms with Crippen molar-refractivity contribution in [3.05, 3.63) is 59.7 Å². The van der Waals surface area contributed by atoms with Crippen LogP contribution in [0.5, 0.6) is 0 Å². The highest BCUT2D eigenvalue weighted by atomic mass is 16.5. The second-order valence-electron chi connectivity index (χ2n) is 5.47. The maximum absolute atomic E-state index is 12.2. The highest BCUT2D eigenvalue weighted by molar-refractivity contribution is 6.04. The topological polar surface area (TPSA) is 84.5 Å². The molecule has 0 spiro atoms. The van der Waals surface area contributed by atoms with Crippen LogP contribution in [0.4, 0.5) is 11.4 Å². The van der Waals surface area contributed by atoms with Gasteiger partial charge < -0.3 is 15.4 Å². The molecule has 0 aliphatic carbocycles. The lowest BCUT2D eigenvalue weighted by Crippen LogP contribution is -2.15. The summed E-state index contributed by atoms with van der Waals surface area (Å²) in [6, 6.07) is 14.1. The number of ether oxygens (including phenoxy) is 1. The van der Waals surface area contributed by atoms with Crippen molar-refractivity contribution in [1.29, 1.82) is 0 Å². The Morgan fingerprint density at radius 2 is 1.68 bits per heavy atom. The molecule has 0 saturated carbocycles. The van der Waals surface area contributed by atoms with Crippen molar-refractivity contribution in [3.8, 4) is 0 Å². The molecule has 0 radical (unpaired) electrons. The maximum atomic E-state index is 12.2. The summed E-state index contributed by atoms with van der Waals surface area (Å²) in [5, 5.41) is 5.56. The Morgan fingerprint density at radius 3 is 2.32 bits per heavy atom. The summed E-state index contributed by atoms with van der Waals surface area (Å²) < 4.78 is 4.50. The molecule has 0 aliphatic rings. The van der Waals surface area contributed by atoms with Crippen LogP contribution in [-0.2, 0) is 14.3 Å². The number of benzene rings is 2. The molecular formula is C19H20N2O4. The lowest BCUT2D eigenvalue weighted by Gasteiger charge is -2.11. The van der Waals surface area contributed by atoms with Crippen molar-refractivity contribution in [3.63, 3.8) is 0 Å². The fourth-order valence-corrected chi connectivity index (χ4v) is 2.21. The number of esters is 1. The number of amides is 2. The zero-order valence-corrected chi connectivity index (χ0v) is 14.2. The second kappa shape index (κ2) is 8.63. The lowest BCUT2D eigenvalue weighted by molar-refractivity contribution is -0.141. The van der Waals surface area contributed by atoms with Gasteiger partial charge in [-0.15, -0.1) is 0 Å². The van der Waals surface area contributed by atoms with Gasteiger partial charge in [-0.3, -0.25) is 14.4 Å². The minimum Gasteiger partial charge on any atom is -0.469 e. The Balaban J connectivity index is 1.97. The number of carbonyl (C=O) groups is 3. The molecule has 0 heterocycles. The van der Waals surface area contributed by atoms with E-state index in [9.17, 15) is 14.4 Å². The summed E-state index contributed by atoms with van der Waals surface area (Å²) in [5.74, 6) is -0.894. The van der Waals surface area contributed by atoms with Gasteiger partial charge in [0.2, 0.25) is 5.91 Å². The average Bonchev–Trinajstić information content (AvgIpc) is 2.62. The molecule has 6 heteroatoms. The fourth-order valence-electron chi connectivity index (χ4n) is 2.21. The van der Waals surface area contributed by atoms with E-state index in [0.717, 1.165) is 5.56 Å². The molecule has 0 saturated heterocycles. The zero-order chi connectivity index (χ0) is 18.2. The molecule has 130 valence electrons. The van der Waals surface area contributed by atoms with Crippen LogP contribution in [0.3, 0.4) is 0 Å². The highest BCUT2D eigenvalue weighted by Gasteiger charge is 2.10. The zero-order valence-electron chi connectivity index (χ0n) is 14.2. The van der Waals surface area contributed by atoms with Crippen LogP contribution in [0.2, 0.25) is 0 Å². The molecule has 2 aromatic carbocycles. The second-order valence-corrected chi connectivity index (χ2v) is 5.47. The molecule has 2 rings (SSSR count). The number of rotatable bonds is 6. The van der Waals surface area contributed by atoms with Crippen molar-refractivity contribution in [2.24, 2.45) is 0 Å². The lowest BCUT2D eigenvalue weighted by atomic mass is 10.1. The van der Waals surface area contributed by atoms with Gasteiger partial charge in [-0.05, 0) is 42.8 Å². The Bertz CT molecular complexity index is 772. The predicted octanol–water partition coefficient (Wildman–Crippen LogP) is 3.14. The molecule has 0 atom stereocenters. The van der Waals surface area contributed by atoms with Crippen LogP contribution < -0.4 is 10.6 Å². The van der Waals surface area contributed by atoms with Gasteiger partial charge >= 0.3 is 5.97 Å². The molecular weight excluding hydrogens is 320 g/mol. The van der Waals surface area contributed by atoms with Crippen LogP contribution in [0, 0.1) is 6.92 Å². The van der Waals surface area contributed by atoms with Crippen molar-refractivity contribution in [2.75, 3.05) is 17.7 Å². The van der Waals surface area contributed by atoms with Gasteiger partial charge in [0.1, 0.15) is 0 Å². The van der Waals surface area contributed by atoms with E-state index >= 15 is 0 Å². The first-order valence-electron chi connectivity index (χ1n) is 7.83. The van der Waals surface area contributed by atoms with Gasteiger partial charge in [0.15, 0.2) is 0 Å². The van der Waals surface area contributed by atoms with E-state index in [1.807, 2.05) is 13.0 Å². The largest absolute Gasteiger partial charge is 0.469 e. The first kappa shape index (κ1) is 18.2. The van der Waals surface area contributed by atoms with Crippen LogP contribution in [0.1, 0.15) is 28.8 Å². The van der Waals surface area contributed by atoms with Crippen molar-refractivity contribution < 1.29 is 19.1 Å². The van der Waals surface area contributed by atoms with Crippen molar-refractivity contribution in [1.82, 2.24) is 0 Å². The number of aryl methyl sites for hydroxylation is 1. The van der Waals surface area contributed by atoms with Gasteiger partial charge in [0.05, 0.1) is 13.5 Å². The monoisotopic (exact) mass is 340 g/mol. The highest BCUT2D eigenvalue weighted by Crippen LogP contribution is 2.20. The van der Waals surface area contributed by atoms with E-state index in [2.05, 4.69) is 15.4 Å². The van der Waals surface area contributed by atoms with Gasteiger partial charge in [-0.25, -0.2) is 0 Å². The normalized spacial score (nSPS) is 10.0. The number of methoxy groups -OCH3 is 1. The molecule has 2 aromatic rings. The van der Waals surface area contributed by atoms with Gasteiger partial charge in [0.25, 0.3) is 5.91 Å². The Labute approximate surface area is 146 Å². The molecule has 25 heavy (non-hydrogen) atoms. The Kier molecular flexibility index (Phi) is 6.28. The number of hydrogen-bond acceptors (Lipinski definition) is 4. The Morgan fingerprint density at radius 1 is 0.960 bits per heavy atom. The summed E-state index contributed by atoms with van der Waals surface area (Å²) in [5.41, 5.74) is 2.66. The summed E-state index contributed by atoms with van der Waals surface area (Å²) in [6.07, 6.45) is 0.0880. The van der Waals surface area contributed by atoms with Crippen LogP contribution >= 0.6 is 0 Å². The smallest absolute Gasteiger partial charge is 0.306 e. The third-order valence-electron chi connectivity index (χ3n) is 3.58. The van der Waals surface area contributed by atoms with Gasteiger partial charge in [-0.2, -0.15) is 0 Å². The van der Waals surface area contributed by atoms with Crippen molar-refractivity contribution in [2.45, 2.75) is 19.8 Å². The van der Waals surface area contributed by atoms with E-state index in [1.165, 1.54) is 7.11 Å². The summed E-state index contributed by atoms with van der Waals surface area (Å²) in [7, 11) is 1.28. The van der Waals surface area contributed by atoms with Crippen LogP contribution in [-0.4, -0.2) is 24.9 Å². The Hall–Kier alpha value is -3.15.